The van der Waals surface area contributed by atoms with Gasteiger partial charge in [-0.3, -0.25) is 15.3 Å². The summed E-state index contributed by atoms with van der Waals surface area (Å²) in [5.41, 5.74) is 3.78. The molecule has 9 nitrogen and oxygen atoms in total. The maximum absolute atomic E-state index is 13.3. The molecule has 2 aromatic carbocycles. The second kappa shape index (κ2) is 8.57. The summed E-state index contributed by atoms with van der Waals surface area (Å²) in [5, 5.41) is 9.49. The molecule has 0 fully saturated rings. The van der Waals surface area contributed by atoms with Gasteiger partial charge in [-0.05, 0) is 37.3 Å². The van der Waals surface area contributed by atoms with Crippen molar-refractivity contribution in [1.29, 1.82) is 0 Å². The van der Waals surface area contributed by atoms with E-state index in [9.17, 15) is 22.8 Å². The highest BCUT2D eigenvalue weighted by Crippen LogP contribution is 2.34. The van der Waals surface area contributed by atoms with Crippen LogP contribution >= 0.6 is 0 Å². The number of fused-ring (bicyclic) bond motifs is 1. The Morgan fingerprint density at radius 3 is 2.48 bits per heavy atom. The van der Waals surface area contributed by atoms with Crippen LogP contribution in [0.2, 0.25) is 0 Å². The van der Waals surface area contributed by atoms with Crippen molar-refractivity contribution in [2.24, 2.45) is 0 Å². The normalized spacial score (nSPS) is 11.3. The van der Waals surface area contributed by atoms with E-state index >= 15 is 0 Å². The van der Waals surface area contributed by atoms with Crippen LogP contribution in [0.25, 0.3) is 22.3 Å². The first-order chi connectivity index (χ1) is 15.7. The van der Waals surface area contributed by atoms with Crippen molar-refractivity contribution in [2.45, 2.75) is 13.1 Å². The van der Waals surface area contributed by atoms with E-state index in [0.29, 0.717) is 11.3 Å². The first-order valence-corrected chi connectivity index (χ1v) is 9.54. The lowest BCUT2D eigenvalue weighted by Crippen LogP contribution is -2.44. The van der Waals surface area contributed by atoms with Gasteiger partial charge in [-0.15, -0.1) is 0 Å². The average molecular weight is 455 g/mol. The van der Waals surface area contributed by atoms with Crippen molar-refractivity contribution in [1.82, 2.24) is 31.0 Å². The first kappa shape index (κ1) is 21.7. The number of nitrogens with zero attached hydrogens (tertiary/aromatic N) is 3. The number of rotatable bonds is 3. The number of para-hydroxylation sites is 1. The first-order valence-electron chi connectivity index (χ1n) is 9.54. The van der Waals surface area contributed by atoms with Crippen molar-refractivity contribution in [3.05, 3.63) is 71.7 Å². The zero-order chi connectivity index (χ0) is 23.6. The third-order valence-corrected chi connectivity index (χ3v) is 4.49. The fraction of sp³-hybridized carbons (Fsp3) is 0.0952. The minimum atomic E-state index is -4.66. The van der Waals surface area contributed by atoms with Crippen molar-refractivity contribution in [3.63, 3.8) is 0 Å². The Morgan fingerprint density at radius 2 is 1.76 bits per heavy atom. The molecule has 0 radical (unpaired) electrons. The molecule has 168 valence electrons. The zero-order valence-electron chi connectivity index (χ0n) is 17.0. The molecular weight excluding hydrogens is 439 g/mol. The minimum absolute atomic E-state index is 0.0396. The molecule has 0 bridgehead atoms. The molecule has 0 atom stereocenters. The van der Waals surface area contributed by atoms with Gasteiger partial charge in [0.25, 0.3) is 5.91 Å². The number of carbonyl (C=O) groups excluding carboxylic acids is 2. The Hall–Kier alpha value is -4.48. The molecule has 0 aliphatic heterocycles. The van der Waals surface area contributed by atoms with E-state index in [4.69, 9.17) is 0 Å². The van der Waals surface area contributed by atoms with Crippen LogP contribution in [0.5, 0.6) is 0 Å². The number of hydrogen-bond donors (Lipinski definition) is 4. The third kappa shape index (κ3) is 5.06. The van der Waals surface area contributed by atoms with Gasteiger partial charge in [-0.25, -0.2) is 20.2 Å². The molecule has 3 amide bonds. The van der Waals surface area contributed by atoms with Crippen LogP contribution in [0.3, 0.4) is 0 Å². The van der Waals surface area contributed by atoms with Gasteiger partial charge in [-0.2, -0.15) is 18.3 Å². The number of amides is 3. The van der Waals surface area contributed by atoms with Crippen molar-refractivity contribution < 1.29 is 22.8 Å². The summed E-state index contributed by atoms with van der Waals surface area (Å²) in [5.74, 6) is -0.241. The zero-order valence-corrected chi connectivity index (χ0v) is 17.0. The number of aromatic nitrogens is 4. The number of H-pyrrole nitrogens is 1. The molecule has 0 aliphatic rings. The largest absolute Gasteiger partial charge is 0.416 e. The number of benzene rings is 2. The lowest BCUT2D eigenvalue weighted by Gasteiger charge is -2.13. The fourth-order valence-corrected chi connectivity index (χ4v) is 3.00. The summed E-state index contributed by atoms with van der Waals surface area (Å²) in [6.07, 6.45) is -4.66. The lowest BCUT2D eigenvalue weighted by atomic mass is 10.1. The van der Waals surface area contributed by atoms with Gasteiger partial charge in [0.1, 0.15) is 11.5 Å². The number of aryl methyl sites for hydroxylation is 1. The second-order valence-corrected chi connectivity index (χ2v) is 6.96. The van der Waals surface area contributed by atoms with Gasteiger partial charge in [0.05, 0.1) is 11.1 Å². The molecule has 33 heavy (non-hydrogen) atoms. The number of anilines is 1. The predicted octanol–water partition coefficient (Wildman–Crippen LogP) is 3.81. The quantitative estimate of drug-likeness (QED) is 0.350. The van der Waals surface area contributed by atoms with Crippen LogP contribution in [0.15, 0.2) is 54.6 Å². The fourth-order valence-electron chi connectivity index (χ4n) is 3.00. The van der Waals surface area contributed by atoms with Crippen molar-refractivity contribution in [3.8, 4) is 11.4 Å². The van der Waals surface area contributed by atoms with E-state index in [0.717, 1.165) is 17.5 Å². The van der Waals surface area contributed by atoms with Crippen LogP contribution < -0.4 is 16.2 Å². The van der Waals surface area contributed by atoms with Crippen LogP contribution in [0.1, 0.15) is 21.9 Å². The van der Waals surface area contributed by atoms with E-state index in [-0.39, 0.29) is 22.8 Å². The molecular formula is C21H16F3N7O2. The van der Waals surface area contributed by atoms with E-state index in [2.05, 4.69) is 36.3 Å². The molecule has 0 saturated carbocycles. The van der Waals surface area contributed by atoms with Crippen LogP contribution in [-0.2, 0) is 6.18 Å². The monoisotopic (exact) mass is 455 g/mol. The molecule has 4 aromatic rings. The number of alkyl halides is 3. The molecule has 0 spiro atoms. The number of nitrogens with one attached hydrogen (secondary N) is 4. The highest BCUT2D eigenvalue weighted by molar-refractivity contribution is 5.97. The van der Waals surface area contributed by atoms with E-state index < -0.39 is 23.7 Å². The van der Waals surface area contributed by atoms with Gasteiger partial charge in [0.2, 0.25) is 0 Å². The standard InChI is InChI=1S/C21H16F3N7O2/c1-11-25-18(29-28-11)13-8-14(21(22,23)24)10-15(9-13)26-20(33)31-30-19(32)17-7-6-12-4-2-3-5-16(12)27-17/h2-10H,1H3,(H,30,32)(H,25,28,29)(H2,26,31,33). The molecule has 0 saturated heterocycles. The number of aromatic amines is 1. The van der Waals surface area contributed by atoms with Crippen LogP contribution in [-0.4, -0.2) is 32.1 Å². The Kier molecular flexibility index (Phi) is 5.65. The summed E-state index contributed by atoms with van der Waals surface area (Å²) in [7, 11) is 0. The van der Waals surface area contributed by atoms with E-state index in [1.54, 1.807) is 25.1 Å². The number of hydrogen-bond acceptors (Lipinski definition) is 5. The number of carbonyl (C=O) groups is 2. The van der Waals surface area contributed by atoms with E-state index in [1.165, 1.54) is 12.1 Å². The number of hydrazine groups is 1. The number of halogens is 3. The Labute approximate surface area is 184 Å². The lowest BCUT2D eigenvalue weighted by molar-refractivity contribution is -0.137. The SMILES string of the molecule is Cc1nc(-c2cc(NC(=O)NNC(=O)c3ccc4ccccc4n3)cc(C(F)(F)F)c2)n[nH]1. The second-order valence-electron chi connectivity index (χ2n) is 6.96. The van der Waals surface area contributed by atoms with Gasteiger partial charge < -0.3 is 5.32 Å². The summed E-state index contributed by atoms with van der Waals surface area (Å²) < 4.78 is 40.0. The minimum Gasteiger partial charge on any atom is -0.307 e. The molecule has 4 rings (SSSR count). The summed E-state index contributed by atoms with van der Waals surface area (Å²) in [6, 6.07) is 12.3. The Balaban J connectivity index is 1.47. The maximum atomic E-state index is 13.3. The van der Waals surface area contributed by atoms with Gasteiger partial charge in [0.15, 0.2) is 5.82 Å². The van der Waals surface area contributed by atoms with Crippen LogP contribution in [0, 0.1) is 6.92 Å². The number of pyridine rings is 1. The molecule has 2 aromatic heterocycles. The summed E-state index contributed by atoms with van der Waals surface area (Å²) >= 11 is 0. The Morgan fingerprint density at radius 1 is 0.970 bits per heavy atom. The maximum Gasteiger partial charge on any atom is 0.416 e. The summed E-state index contributed by atoms with van der Waals surface area (Å²) in [6.45, 7) is 1.60. The van der Waals surface area contributed by atoms with E-state index in [1.807, 2.05) is 12.1 Å². The third-order valence-electron chi connectivity index (χ3n) is 4.49. The highest BCUT2D eigenvalue weighted by Gasteiger charge is 2.32. The molecule has 4 N–H and O–H groups in total. The molecule has 0 aliphatic carbocycles. The van der Waals surface area contributed by atoms with Gasteiger partial charge in [0, 0.05) is 16.6 Å². The smallest absolute Gasteiger partial charge is 0.307 e. The highest BCUT2D eigenvalue weighted by atomic mass is 19.4. The van der Waals surface area contributed by atoms with Crippen molar-refractivity contribution in [2.75, 3.05) is 5.32 Å². The van der Waals surface area contributed by atoms with Gasteiger partial charge in [-0.1, -0.05) is 24.3 Å². The topological polar surface area (TPSA) is 125 Å². The molecule has 12 heteroatoms. The average Bonchev–Trinajstić information content (AvgIpc) is 3.22. The molecule has 2 heterocycles. The van der Waals surface area contributed by atoms with Crippen molar-refractivity contribution >= 4 is 28.5 Å². The van der Waals surface area contributed by atoms with Crippen LogP contribution in [0.4, 0.5) is 23.7 Å². The number of urea groups is 1. The summed E-state index contributed by atoms with van der Waals surface area (Å²) in [4.78, 5) is 32.7. The van der Waals surface area contributed by atoms with Gasteiger partial charge >= 0.3 is 12.2 Å². The predicted molar refractivity (Wildman–Crippen MR) is 113 cm³/mol. The molecule has 0 unspecified atom stereocenters. The Bertz CT molecular complexity index is 1350.